The van der Waals surface area contributed by atoms with Crippen LogP contribution in [0, 0.1) is 5.92 Å². The Kier molecular flexibility index (Phi) is 4.11. The van der Waals surface area contributed by atoms with Gasteiger partial charge in [0.25, 0.3) is 0 Å². The van der Waals surface area contributed by atoms with Gasteiger partial charge in [-0.05, 0) is 25.9 Å². The Hall–Kier alpha value is -0.610. The van der Waals surface area contributed by atoms with E-state index in [1.54, 1.807) is 0 Å². The van der Waals surface area contributed by atoms with E-state index in [0.717, 1.165) is 19.5 Å². The second-order valence-corrected chi connectivity index (χ2v) is 4.92. The van der Waals surface area contributed by atoms with Crippen LogP contribution in [-0.2, 0) is 4.79 Å². The number of amides is 1. The quantitative estimate of drug-likeness (QED) is 0.725. The molecule has 1 heterocycles. The van der Waals surface area contributed by atoms with Crippen LogP contribution in [-0.4, -0.2) is 55.0 Å². The summed E-state index contributed by atoms with van der Waals surface area (Å²) < 4.78 is 0. The van der Waals surface area contributed by atoms with Crippen LogP contribution >= 0.6 is 0 Å². The number of nitrogens with zero attached hydrogens (tertiary/aromatic N) is 2. The SMILES string of the molecule is CC(C)[C@H](N)C(=O)N(C)[C@@H]1CCN(C)C1. The third-order valence-corrected chi connectivity index (χ3v) is 3.27. The summed E-state index contributed by atoms with van der Waals surface area (Å²) in [5, 5.41) is 0. The normalized spacial score (nSPS) is 24.5. The Bertz CT molecular complexity index is 230. The molecule has 0 aromatic carbocycles. The van der Waals surface area contributed by atoms with E-state index in [2.05, 4.69) is 11.9 Å². The smallest absolute Gasteiger partial charge is 0.239 e. The highest BCUT2D eigenvalue weighted by Crippen LogP contribution is 2.14. The van der Waals surface area contributed by atoms with Crippen LogP contribution in [0.1, 0.15) is 20.3 Å². The molecule has 1 aliphatic heterocycles. The molecule has 88 valence electrons. The molecule has 2 N–H and O–H groups in total. The van der Waals surface area contributed by atoms with Crippen molar-refractivity contribution in [2.45, 2.75) is 32.4 Å². The summed E-state index contributed by atoms with van der Waals surface area (Å²) in [4.78, 5) is 16.0. The standard InChI is InChI=1S/C11H23N3O/c1-8(2)10(12)11(15)14(4)9-5-6-13(3)7-9/h8-10H,5-7,12H2,1-4H3/t9-,10+/m1/s1. The topological polar surface area (TPSA) is 49.6 Å². The molecule has 4 heteroatoms. The Labute approximate surface area is 92.4 Å². The highest BCUT2D eigenvalue weighted by atomic mass is 16.2. The lowest BCUT2D eigenvalue weighted by atomic mass is 10.0. The number of hydrogen-bond acceptors (Lipinski definition) is 3. The zero-order chi connectivity index (χ0) is 11.6. The van der Waals surface area contributed by atoms with Gasteiger partial charge in [-0.15, -0.1) is 0 Å². The van der Waals surface area contributed by atoms with Crippen molar-refractivity contribution >= 4 is 5.91 Å². The minimum Gasteiger partial charge on any atom is -0.340 e. The molecule has 0 aliphatic carbocycles. The lowest BCUT2D eigenvalue weighted by Crippen LogP contribution is -2.49. The van der Waals surface area contributed by atoms with Gasteiger partial charge in [-0.3, -0.25) is 4.79 Å². The van der Waals surface area contributed by atoms with Gasteiger partial charge in [0.2, 0.25) is 5.91 Å². The van der Waals surface area contributed by atoms with Gasteiger partial charge in [0.15, 0.2) is 0 Å². The van der Waals surface area contributed by atoms with E-state index < -0.39 is 0 Å². The fourth-order valence-corrected chi connectivity index (χ4v) is 1.93. The van der Waals surface area contributed by atoms with Crippen molar-refractivity contribution < 1.29 is 4.79 Å². The first-order chi connectivity index (χ1) is 6.93. The average Bonchev–Trinajstić information content (AvgIpc) is 2.61. The number of likely N-dealkylation sites (tertiary alicyclic amines) is 1. The monoisotopic (exact) mass is 213 g/mol. The molecule has 1 fully saturated rings. The van der Waals surface area contributed by atoms with E-state index >= 15 is 0 Å². The molecular formula is C11H23N3O. The number of rotatable bonds is 3. The van der Waals surface area contributed by atoms with E-state index in [1.165, 1.54) is 0 Å². The van der Waals surface area contributed by atoms with Gasteiger partial charge < -0.3 is 15.5 Å². The largest absolute Gasteiger partial charge is 0.340 e. The molecule has 0 bridgehead atoms. The summed E-state index contributed by atoms with van der Waals surface area (Å²) in [6.45, 7) is 6.00. The van der Waals surface area contributed by atoms with E-state index in [9.17, 15) is 4.79 Å². The van der Waals surface area contributed by atoms with Crippen molar-refractivity contribution in [3.63, 3.8) is 0 Å². The van der Waals surface area contributed by atoms with Gasteiger partial charge in [0.1, 0.15) is 0 Å². The number of carbonyl (C=O) groups excluding carboxylic acids is 1. The van der Waals surface area contributed by atoms with Crippen LogP contribution in [0.3, 0.4) is 0 Å². The summed E-state index contributed by atoms with van der Waals surface area (Å²) in [5.41, 5.74) is 5.86. The minimum atomic E-state index is -0.360. The number of hydrogen-bond donors (Lipinski definition) is 1. The molecule has 1 rings (SSSR count). The first kappa shape index (κ1) is 12.5. The number of carbonyl (C=O) groups is 1. The van der Waals surface area contributed by atoms with Gasteiger partial charge in [-0.1, -0.05) is 13.8 Å². The maximum Gasteiger partial charge on any atom is 0.239 e. The maximum absolute atomic E-state index is 12.0. The highest BCUT2D eigenvalue weighted by Gasteiger charge is 2.29. The summed E-state index contributed by atoms with van der Waals surface area (Å²) in [7, 11) is 3.95. The second-order valence-electron chi connectivity index (χ2n) is 4.92. The third-order valence-electron chi connectivity index (χ3n) is 3.27. The van der Waals surface area contributed by atoms with E-state index in [-0.39, 0.29) is 17.9 Å². The Balaban J connectivity index is 2.53. The van der Waals surface area contributed by atoms with Crippen LogP contribution in [0.5, 0.6) is 0 Å². The Morgan fingerprint density at radius 2 is 2.13 bits per heavy atom. The Morgan fingerprint density at radius 3 is 2.53 bits per heavy atom. The van der Waals surface area contributed by atoms with Crippen LogP contribution in [0.4, 0.5) is 0 Å². The van der Waals surface area contributed by atoms with E-state index in [0.29, 0.717) is 6.04 Å². The molecule has 1 saturated heterocycles. The summed E-state index contributed by atoms with van der Waals surface area (Å²) >= 11 is 0. The van der Waals surface area contributed by atoms with Gasteiger partial charge in [0.05, 0.1) is 6.04 Å². The summed E-state index contributed by atoms with van der Waals surface area (Å²) in [5.74, 6) is 0.282. The highest BCUT2D eigenvalue weighted by molar-refractivity contribution is 5.82. The molecule has 1 amide bonds. The van der Waals surface area contributed by atoms with Crippen LogP contribution in [0.2, 0.25) is 0 Å². The first-order valence-corrected chi connectivity index (χ1v) is 5.64. The van der Waals surface area contributed by atoms with Crippen molar-refractivity contribution in [1.82, 2.24) is 9.80 Å². The molecular weight excluding hydrogens is 190 g/mol. The Morgan fingerprint density at radius 1 is 1.53 bits per heavy atom. The van der Waals surface area contributed by atoms with Crippen LogP contribution in [0.15, 0.2) is 0 Å². The predicted molar refractivity (Wildman–Crippen MR) is 61.5 cm³/mol. The lowest BCUT2D eigenvalue weighted by Gasteiger charge is -2.28. The van der Waals surface area contributed by atoms with Gasteiger partial charge in [-0.25, -0.2) is 0 Å². The molecule has 0 aromatic heterocycles. The van der Waals surface area contributed by atoms with Crippen molar-refractivity contribution in [3.05, 3.63) is 0 Å². The van der Waals surface area contributed by atoms with Crippen LogP contribution in [0.25, 0.3) is 0 Å². The third kappa shape index (κ3) is 2.92. The number of likely N-dealkylation sites (N-methyl/N-ethyl adjacent to an activating group) is 2. The van der Waals surface area contributed by atoms with Crippen molar-refractivity contribution in [1.29, 1.82) is 0 Å². The maximum atomic E-state index is 12.0. The molecule has 0 saturated carbocycles. The molecule has 1 aliphatic rings. The summed E-state index contributed by atoms with van der Waals surface area (Å²) in [6, 6.07) is -0.0202. The molecule has 0 unspecified atom stereocenters. The molecule has 4 nitrogen and oxygen atoms in total. The lowest BCUT2D eigenvalue weighted by molar-refractivity contribution is -0.134. The average molecular weight is 213 g/mol. The molecule has 0 spiro atoms. The fraction of sp³-hybridized carbons (Fsp3) is 0.909. The van der Waals surface area contributed by atoms with E-state index in [1.807, 2.05) is 25.8 Å². The fourth-order valence-electron chi connectivity index (χ4n) is 1.93. The van der Waals surface area contributed by atoms with Crippen molar-refractivity contribution in [2.75, 3.05) is 27.2 Å². The van der Waals surface area contributed by atoms with Crippen LogP contribution < -0.4 is 5.73 Å². The zero-order valence-corrected chi connectivity index (χ0v) is 10.2. The van der Waals surface area contributed by atoms with Gasteiger partial charge in [-0.2, -0.15) is 0 Å². The van der Waals surface area contributed by atoms with E-state index in [4.69, 9.17) is 5.73 Å². The predicted octanol–water partition coefficient (Wildman–Crippen LogP) is 0.132. The second kappa shape index (κ2) is 4.94. The molecule has 15 heavy (non-hydrogen) atoms. The van der Waals surface area contributed by atoms with Gasteiger partial charge in [0, 0.05) is 19.6 Å². The van der Waals surface area contributed by atoms with Crippen molar-refractivity contribution in [2.24, 2.45) is 11.7 Å². The minimum absolute atomic E-state index is 0.0744. The van der Waals surface area contributed by atoms with Gasteiger partial charge >= 0.3 is 0 Å². The summed E-state index contributed by atoms with van der Waals surface area (Å²) in [6.07, 6.45) is 1.06. The molecule has 2 atom stereocenters. The number of nitrogens with two attached hydrogens (primary N) is 1. The molecule has 0 radical (unpaired) electrons. The molecule has 0 aromatic rings. The van der Waals surface area contributed by atoms with Crippen molar-refractivity contribution in [3.8, 4) is 0 Å². The zero-order valence-electron chi connectivity index (χ0n) is 10.2. The first-order valence-electron chi connectivity index (χ1n) is 5.64.